The highest BCUT2D eigenvalue weighted by atomic mass is 16.3. The molecule has 0 saturated heterocycles. The van der Waals surface area contributed by atoms with Crippen molar-refractivity contribution in [2.24, 2.45) is 0 Å². The number of furan rings is 2. The Hall–Kier alpha value is -7.70. The van der Waals surface area contributed by atoms with Gasteiger partial charge in [0.15, 0.2) is 11.6 Å². The Bertz CT molecular complexity index is 3380. The molecule has 0 fully saturated rings. The Morgan fingerprint density at radius 3 is 1.47 bits per heavy atom. The van der Waals surface area contributed by atoms with Crippen LogP contribution in [0.5, 0.6) is 0 Å². The van der Waals surface area contributed by atoms with Crippen molar-refractivity contribution in [3.8, 4) is 22.8 Å². The molecule has 4 heterocycles. The number of fused-ring (bicyclic) bond motifs is 8. The van der Waals surface area contributed by atoms with Crippen LogP contribution < -0.4 is 0 Å². The first-order chi connectivity index (χ1) is 29.2. The molecule has 11 aromatic rings. The van der Waals surface area contributed by atoms with Gasteiger partial charge in [0.2, 0.25) is 11.4 Å². The second-order valence-electron chi connectivity index (χ2n) is 15.3. The highest BCUT2D eigenvalue weighted by Gasteiger charge is 2.50. The molecule has 0 spiro atoms. The molecule has 0 unspecified atom stereocenters. The van der Waals surface area contributed by atoms with Gasteiger partial charge in [-0.15, -0.1) is 0 Å². The number of benzene rings is 7. The fourth-order valence-electron chi connectivity index (χ4n) is 9.64. The maximum Gasteiger partial charge on any atom is 0.231 e. The van der Waals surface area contributed by atoms with Crippen LogP contribution in [0.3, 0.4) is 0 Å². The van der Waals surface area contributed by atoms with Crippen molar-refractivity contribution >= 4 is 44.1 Å². The van der Waals surface area contributed by atoms with Crippen molar-refractivity contribution in [3.05, 3.63) is 227 Å². The van der Waals surface area contributed by atoms with Crippen LogP contribution in [0.4, 0.5) is 0 Å². The van der Waals surface area contributed by atoms with Gasteiger partial charge in [0.1, 0.15) is 11.2 Å². The van der Waals surface area contributed by atoms with Gasteiger partial charge >= 0.3 is 0 Å². The van der Waals surface area contributed by atoms with Gasteiger partial charge in [-0.05, 0) is 52.4 Å². The number of nitrogens with zero attached hydrogens (tertiary/aromatic N) is 4. The van der Waals surface area contributed by atoms with E-state index in [-0.39, 0.29) is 5.92 Å². The topological polar surface area (TPSA) is 77.8 Å². The van der Waals surface area contributed by atoms with E-state index >= 15 is 0 Å². The normalized spacial score (nSPS) is 16.1. The monoisotopic (exact) mass is 758 g/mol. The molecular weight excluding hydrogens is 725 g/mol. The fraction of sp³-hybridized carbons (Fsp3) is 0.0566. The van der Waals surface area contributed by atoms with Crippen LogP contribution in [0, 0.1) is 6.92 Å². The molecule has 59 heavy (non-hydrogen) atoms. The molecule has 6 nitrogen and oxygen atoms in total. The summed E-state index contributed by atoms with van der Waals surface area (Å²) in [4.78, 5) is 21.5. The standard InChI is InChI=1S/C53H34N4O2/c1-32-18-8-13-27-39(32)53(48-46-38-26-12-17-31-43(38)59-52(46)57-50(55-48)34-21-6-3-7-22-34)40-28-14-9-23-35(40)44(36-24-10-15-29-41(36)53)47-45-37-25-11-16-30-42(37)58-51(45)56-49(54-47)33-19-4-2-5-20-33/h2-31,44H,1H3. The predicted octanol–water partition coefficient (Wildman–Crippen LogP) is 12.6. The van der Waals surface area contributed by atoms with E-state index in [0.29, 0.717) is 23.1 Å². The van der Waals surface area contributed by atoms with Crippen LogP contribution in [0.15, 0.2) is 191 Å². The Morgan fingerprint density at radius 1 is 0.424 bits per heavy atom. The average Bonchev–Trinajstić information content (AvgIpc) is 3.87. The van der Waals surface area contributed by atoms with Crippen LogP contribution in [0.25, 0.3) is 66.9 Å². The number of hydrogen-bond acceptors (Lipinski definition) is 6. The quantitative estimate of drug-likeness (QED) is 0.174. The van der Waals surface area contributed by atoms with E-state index in [9.17, 15) is 0 Å². The van der Waals surface area contributed by atoms with Gasteiger partial charge < -0.3 is 8.83 Å². The minimum atomic E-state index is -0.917. The van der Waals surface area contributed by atoms with E-state index in [1.807, 2.05) is 60.7 Å². The van der Waals surface area contributed by atoms with E-state index in [0.717, 1.165) is 88.6 Å². The maximum atomic E-state index is 6.68. The Kier molecular flexibility index (Phi) is 7.32. The first kappa shape index (κ1) is 33.4. The zero-order chi connectivity index (χ0) is 39.1. The molecule has 12 rings (SSSR count). The minimum Gasteiger partial charge on any atom is -0.438 e. The molecule has 0 bridgehead atoms. The second kappa shape index (κ2) is 12.9. The zero-order valence-corrected chi connectivity index (χ0v) is 32.0. The van der Waals surface area contributed by atoms with Gasteiger partial charge in [-0.3, -0.25) is 0 Å². The predicted molar refractivity (Wildman–Crippen MR) is 233 cm³/mol. The molecule has 0 N–H and O–H groups in total. The van der Waals surface area contributed by atoms with E-state index in [2.05, 4.69) is 128 Å². The molecular formula is C53H34N4O2. The number of aryl methyl sites for hydroxylation is 1. The number of para-hydroxylation sites is 2. The lowest BCUT2D eigenvalue weighted by Gasteiger charge is -2.45. The molecule has 0 saturated carbocycles. The summed E-state index contributed by atoms with van der Waals surface area (Å²) in [5, 5.41) is 3.76. The van der Waals surface area contributed by atoms with Gasteiger partial charge in [0, 0.05) is 21.9 Å². The van der Waals surface area contributed by atoms with Crippen LogP contribution in [0.2, 0.25) is 0 Å². The average molecular weight is 759 g/mol. The van der Waals surface area contributed by atoms with Gasteiger partial charge in [-0.1, -0.05) is 170 Å². The van der Waals surface area contributed by atoms with E-state index in [4.69, 9.17) is 28.8 Å². The lowest BCUT2D eigenvalue weighted by atomic mass is 9.57. The molecule has 1 aliphatic carbocycles. The summed E-state index contributed by atoms with van der Waals surface area (Å²) < 4.78 is 13.3. The molecule has 0 atom stereocenters. The number of aromatic nitrogens is 4. The third-order valence-corrected chi connectivity index (χ3v) is 12.1. The van der Waals surface area contributed by atoms with Crippen LogP contribution in [-0.2, 0) is 5.41 Å². The molecule has 278 valence electrons. The first-order valence-corrected chi connectivity index (χ1v) is 19.9. The summed E-state index contributed by atoms with van der Waals surface area (Å²) in [5.41, 5.74) is 12.1. The van der Waals surface area contributed by atoms with Crippen molar-refractivity contribution in [3.63, 3.8) is 0 Å². The Balaban J connectivity index is 1.26. The highest BCUT2D eigenvalue weighted by molar-refractivity contribution is 6.08. The largest absolute Gasteiger partial charge is 0.438 e. The summed E-state index contributed by atoms with van der Waals surface area (Å²) in [6, 6.07) is 63.2. The summed E-state index contributed by atoms with van der Waals surface area (Å²) in [6.07, 6.45) is 0. The third-order valence-electron chi connectivity index (χ3n) is 12.1. The fourth-order valence-corrected chi connectivity index (χ4v) is 9.64. The van der Waals surface area contributed by atoms with Crippen molar-refractivity contribution < 1.29 is 8.83 Å². The van der Waals surface area contributed by atoms with Gasteiger partial charge in [-0.25, -0.2) is 9.97 Å². The molecule has 6 heteroatoms. The zero-order valence-electron chi connectivity index (χ0n) is 32.0. The van der Waals surface area contributed by atoms with Crippen molar-refractivity contribution in [2.75, 3.05) is 0 Å². The molecule has 7 aromatic carbocycles. The summed E-state index contributed by atoms with van der Waals surface area (Å²) in [6.45, 7) is 2.20. The van der Waals surface area contributed by atoms with Gasteiger partial charge in [-0.2, -0.15) is 9.97 Å². The lowest BCUT2D eigenvalue weighted by Crippen LogP contribution is -2.39. The highest BCUT2D eigenvalue weighted by Crippen LogP contribution is 2.58. The second-order valence-corrected chi connectivity index (χ2v) is 15.3. The number of hydrogen-bond donors (Lipinski definition) is 0. The molecule has 0 radical (unpaired) electrons. The van der Waals surface area contributed by atoms with E-state index < -0.39 is 5.41 Å². The Morgan fingerprint density at radius 2 is 0.881 bits per heavy atom. The summed E-state index contributed by atoms with van der Waals surface area (Å²) >= 11 is 0. The molecule has 0 aliphatic heterocycles. The summed E-state index contributed by atoms with van der Waals surface area (Å²) in [5.74, 6) is 0.931. The first-order valence-electron chi connectivity index (χ1n) is 19.9. The van der Waals surface area contributed by atoms with Crippen LogP contribution >= 0.6 is 0 Å². The molecule has 1 aliphatic rings. The number of rotatable bonds is 5. The van der Waals surface area contributed by atoms with Gasteiger partial charge in [0.25, 0.3) is 0 Å². The molecule has 0 amide bonds. The van der Waals surface area contributed by atoms with E-state index in [1.165, 1.54) is 0 Å². The van der Waals surface area contributed by atoms with Gasteiger partial charge in [0.05, 0.1) is 33.5 Å². The van der Waals surface area contributed by atoms with Crippen molar-refractivity contribution in [2.45, 2.75) is 18.3 Å². The molecule has 4 aromatic heterocycles. The maximum absolute atomic E-state index is 6.68. The minimum absolute atomic E-state index is 0.291. The van der Waals surface area contributed by atoms with E-state index in [1.54, 1.807) is 0 Å². The van der Waals surface area contributed by atoms with Crippen LogP contribution in [0.1, 0.15) is 50.7 Å². The van der Waals surface area contributed by atoms with Crippen molar-refractivity contribution in [1.82, 2.24) is 19.9 Å². The summed E-state index contributed by atoms with van der Waals surface area (Å²) in [7, 11) is 0. The lowest BCUT2D eigenvalue weighted by molar-refractivity contribution is 0.638. The Labute approximate surface area is 339 Å². The van der Waals surface area contributed by atoms with Crippen molar-refractivity contribution in [1.29, 1.82) is 0 Å². The SMILES string of the molecule is Cc1ccccc1C1(c2nc(-c3ccccc3)nc3oc4ccccc4c23)c2ccccc2C(c2nc(-c3ccccc3)nc3oc4ccccc4c23)c2ccccc21. The third kappa shape index (κ3) is 4.87. The smallest absolute Gasteiger partial charge is 0.231 e. The van der Waals surface area contributed by atoms with Crippen LogP contribution in [-0.4, -0.2) is 19.9 Å².